The molecule has 0 spiro atoms. The summed E-state index contributed by atoms with van der Waals surface area (Å²) in [5, 5.41) is 5.50. The van der Waals surface area contributed by atoms with Crippen LogP contribution >= 0.6 is 28.1 Å². The molecule has 0 saturated heterocycles. The van der Waals surface area contributed by atoms with E-state index < -0.39 is 11.7 Å². The minimum absolute atomic E-state index is 0.208. The highest BCUT2D eigenvalue weighted by molar-refractivity contribution is 9.11. The van der Waals surface area contributed by atoms with Gasteiger partial charge in [0.25, 0.3) is 0 Å². The van der Waals surface area contributed by atoms with Crippen molar-refractivity contribution in [2.24, 2.45) is 0 Å². The van der Waals surface area contributed by atoms with Gasteiger partial charge in [0.1, 0.15) is 0 Å². The second-order valence-electron chi connectivity index (χ2n) is 2.97. The molecule has 0 aliphatic heterocycles. The second-order valence-corrected chi connectivity index (χ2v) is 3.91. The van der Waals surface area contributed by atoms with Crippen LogP contribution in [0.3, 0.4) is 0 Å². The van der Waals surface area contributed by atoms with E-state index in [-0.39, 0.29) is 10.8 Å². The predicted molar refractivity (Wildman–Crippen MR) is 68.9 cm³/mol. The van der Waals surface area contributed by atoms with Gasteiger partial charge in [-0.3, -0.25) is 0 Å². The fourth-order valence-corrected chi connectivity index (χ4v) is 1.37. The Labute approximate surface area is 110 Å². The summed E-state index contributed by atoms with van der Waals surface area (Å²) in [4.78, 5) is 1.53. The molecule has 0 saturated carbocycles. The van der Waals surface area contributed by atoms with Crippen LogP contribution in [0.1, 0.15) is 5.56 Å². The van der Waals surface area contributed by atoms with Gasteiger partial charge in [-0.15, -0.1) is 0 Å². The van der Waals surface area contributed by atoms with E-state index in [0.29, 0.717) is 0 Å². The van der Waals surface area contributed by atoms with Crippen molar-refractivity contribution in [3.05, 3.63) is 41.0 Å². The number of hydrogen-bond acceptors (Lipinski definition) is 1. The maximum atomic E-state index is 12.4. The number of nitrogens with one attached hydrogen (secondary N) is 2. The number of hydrogen-bond donors (Lipinski definition) is 2. The van der Waals surface area contributed by atoms with Gasteiger partial charge < -0.3 is 10.6 Å². The SMILES string of the molecule is FC(F)(F)c1cccc(NC(=S)N/C=C/Br)c1. The van der Waals surface area contributed by atoms with Crippen LogP contribution in [0.4, 0.5) is 18.9 Å². The zero-order chi connectivity index (χ0) is 12.9. The lowest BCUT2D eigenvalue weighted by atomic mass is 10.2. The first-order valence-corrected chi connectivity index (χ1v) is 5.76. The minimum atomic E-state index is -4.36. The molecule has 7 heteroatoms. The highest BCUT2D eigenvalue weighted by Crippen LogP contribution is 2.30. The topological polar surface area (TPSA) is 24.1 Å². The van der Waals surface area contributed by atoms with Gasteiger partial charge in [0.05, 0.1) is 5.56 Å². The zero-order valence-electron chi connectivity index (χ0n) is 8.38. The third kappa shape index (κ3) is 4.74. The molecule has 0 bridgehead atoms. The first-order valence-electron chi connectivity index (χ1n) is 4.43. The van der Waals surface area contributed by atoms with Gasteiger partial charge in [-0.25, -0.2) is 0 Å². The van der Waals surface area contributed by atoms with Gasteiger partial charge in [-0.05, 0) is 35.4 Å². The monoisotopic (exact) mass is 324 g/mol. The van der Waals surface area contributed by atoms with Gasteiger partial charge in [0.15, 0.2) is 5.11 Å². The summed E-state index contributed by atoms with van der Waals surface area (Å²) in [6, 6.07) is 4.81. The molecular weight excluding hydrogens is 317 g/mol. The van der Waals surface area contributed by atoms with E-state index in [1.807, 2.05) is 0 Å². The van der Waals surface area contributed by atoms with E-state index in [1.54, 1.807) is 0 Å². The fourth-order valence-electron chi connectivity index (χ4n) is 1.05. The Morgan fingerprint density at radius 3 is 2.65 bits per heavy atom. The highest BCUT2D eigenvalue weighted by atomic mass is 79.9. The normalized spacial score (nSPS) is 11.5. The lowest BCUT2D eigenvalue weighted by Gasteiger charge is -2.10. The fraction of sp³-hybridized carbons (Fsp3) is 0.100. The Balaban J connectivity index is 2.76. The molecule has 0 amide bonds. The molecule has 92 valence electrons. The number of alkyl halides is 3. The Bertz CT molecular complexity index is 432. The molecule has 1 aromatic carbocycles. The molecule has 0 aliphatic rings. The van der Waals surface area contributed by atoms with Crippen LogP contribution in [0.25, 0.3) is 0 Å². The lowest BCUT2D eigenvalue weighted by Crippen LogP contribution is -2.23. The van der Waals surface area contributed by atoms with Gasteiger partial charge >= 0.3 is 6.18 Å². The molecule has 1 rings (SSSR count). The van der Waals surface area contributed by atoms with Crippen LogP contribution < -0.4 is 10.6 Å². The molecule has 0 fully saturated rings. The molecule has 0 heterocycles. The molecule has 0 unspecified atom stereocenters. The molecule has 17 heavy (non-hydrogen) atoms. The molecule has 2 N–H and O–H groups in total. The Hall–Kier alpha value is -1.08. The number of rotatable bonds is 2. The second kappa shape index (κ2) is 6.02. The van der Waals surface area contributed by atoms with Crippen molar-refractivity contribution in [3.8, 4) is 0 Å². The van der Waals surface area contributed by atoms with E-state index >= 15 is 0 Å². The summed E-state index contributed by atoms with van der Waals surface area (Å²) in [6.45, 7) is 0. The maximum Gasteiger partial charge on any atom is 0.416 e. The summed E-state index contributed by atoms with van der Waals surface area (Å²) in [6.07, 6.45) is -2.86. The van der Waals surface area contributed by atoms with Crippen molar-refractivity contribution in [1.82, 2.24) is 5.32 Å². The molecule has 0 aromatic heterocycles. The van der Waals surface area contributed by atoms with E-state index in [4.69, 9.17) is 12.2 Å². The first-order chi connectivity index (χ1) is 7.93. The summed E-state index contributed by atoms with van der Waals surface area (Å²) in [5.74, 6) is 0. The molecule has 1 aromatic rings. The predicted octanol–water partition coefficient (Wildman–Crippen LogP) is 3.86. The summed E-state index contributed by atoms with van der Waals surface area (Å²) in [5.41, 5.74) is -0.443. The van der Waals surface area contributed by atoms with E-state index in [0.717, 1.165) is 12.1 Å². The first kappa shape index (κ1) is 14.0. The third-order valence-corrected chi connectivity index (χ3v) is 2.21. The number of benzene rings is 1. The maximum absolute atomic E-state index is 12.4. The Kier molecular flexibility index (Phi) is 4.95. The Morgan fingerprint density at radius 2 is 2.06 bits per heavy atom. The van der Waals surface area contributed by atoms with Crippen molar-refractivity contribution >= 4 is 38.9 Å². The van der Waals surface area contributed by atoms with E-state index in [2.05, 4.69) is 26.6 Å². The molecular formula is C10H8BrF3N2S. The molecule has 0 radical (unpaired) electrons. The van der Waals surface area contributed by atoms with Crippen LogP contribution in [0, 0.1) is 0 Å². The molecule has 0 atom stereocenters. The lowest BCUT2D eigenvalue weighted by molar-refractivity contribution is -0.137. The average molecular weight is 325 g/mol. The third-order valence-electron chi connectivity index (χ3n) is 1.73. The highest BCUT2D eigenvalue weighted by Gasteiger charge is 2.30. The van der Waals surface area contributed by atoms with E-state index in [9.17, 15) is 13.2 Å². The van der Waals surface area contributed by atoms with Crippen molar-refractivity contribution in [2.45, 2.75) is 6.18 Å². The van der Waals surface area contributed by atoms with Crippen LogP contribution in [0.5, 0.6) is 0 Å². The van der Waals surface area contributed by atoms with Crippen LogP contribution in [-0.2, 0) is 6.18 Å². The van der Waals surface area contributed by atoms with E-state index in [1.165, 1.54) is 23.3 Å². The molecule has 0 aliphatic carbocycles. The van der Waals surface area contributed by atoms with Gasteiger partial charge in [0, 0.05) is 11.9 Å². The van der Waals surface area contributed by atoms with Crippen molar-refractivity contribution in [3.63, 3.8) is 0 Å². The van der Waals surface area contributed by atoms with Crippen molar-refractivity contribution in [1.29, 1.82) is 0 Å². The van der Waals surface area contributed by atoms with Crippen molar-refractivity contribution < 1.29 is 13.2 Å². The summed E-state index contributed by atoms with van der Waals surface area (Å²) >= 11 is 7.88. The average Bonchev–Trinajstić information content (AvgIpc) is 2.25. The zero-order valence-corrected chi connectivity index (χ0v) is 10.8. The number of halogens is 4. The van der Waals surface area contributed by atoms with Crippen LogP contribution in [0.2, 0.25) is 0 Å². The van der Waals surface area contributed by atoms with Gasteiger partial charge in [0.2, 0.25) is 0 Å². The quantitative estimate of drug-likeness (QED) is 0.808. The summed E-state index contributed by atoms with van der Waals surface area (Å²) < 4.78 is 37.2. The van der Waals surface area contributed by atoms with Crippen LogP contribution in [0.15, 0.2) is 35.5 Å². The standard InChI is InChI=1S/C10H8BrF3N2S/c11-4-5-15-9(17)16-8-3-1-2-7(6-8)10(12,13)14/h1-6H,(H2,15,16,17)/b5-4+. The summed E-state index contributed by atoms with van der Waals surface area (Å²) in [7, 11) is 0. The largest absolute Gasteiger partial charge is 0.416 e. The Morgan fingerprint density at radius 1 is 1.35 bits per heavy atom. The minimum Gasteiger partial charge on any atom is -0.339 e. The van der Waals surface area contributed by atoms with Gasteiger partial charge in [-0.2, -0.15) is 13.2 Å². The van der Waals surface area contributed by atoms with Gasteiger partial charge in [-0.1, -0.05) is 22.0 Å². The number of thiocarbonyl (C=S) groups is 1. The number of anilines is 1. The van der Waals surface area contributed by atoms with Crippen LogP contribution in [-0.4, -0.2) is 5.11 Å². The molecule has 2 nitrogen and oxygen atoms in total. The van der Waals surface area contributed by atoms with Crippen molar-refractivity contribution in [2.75, 3.05) is 5.32 Å². The smallest absolute Gasteiger partial charge is 0.339 e.